The first-order valence-electron chi connectivity index (χ1n) is 7.87. The van der Waals surface area contributed by atoms with Gasteiger partial charge in [0.1, 0.15) is 5.01 Å². The molecule has 0 saturated carbocycles. The smallest absolute Gasteiger partial charge is 0.113 e. The van der Waals surface area contributed by atoms with Crippen molar-refractivity contribution in [2.24, 2.45) is 0 Å². The van der Waals surface area contributed by atoms with Gasteiger partial charge in [-0.3, -0.25) is 0 Å². The Kier molecular flexibility index (Phi) is 5.40. The van der Waals surface area contributed by atoms with Gasteiger partial charge in [-0.15, -0.1) is 11.3 Å². The van der Waals surface area contributed by atoms with Gasteiger partial charge in [0.05, 0.1) is 11.2 Å². The summed E-state index contributed by atoms with van der Waals surface area (Å²) >= 11 is 1.95. The van der Waals surface area contributed by atoms with Crippen LogP contribution in [-0.2, 0) is 18.4 Å². The van der Waals surface area contributed by atoms with Crippen LogP contribution in [0, 0.1) is 0 Å². The van der Waals surface area contributed by atoms with E-state index >= 15 is 0 Å². The van der Waals surface area contributed by atoms with E-state index in [0.29, 0.717) is 0 Å². The largest absolute Gasteiger partial charge is 0.309 e. The molecule has 0 bridgehead atoms. The number of nitrogens with zero attached hydrogens (tertiary/aromatic N) is 1. The minimum Gasteiger partial charge on any atom is -0.309 e. The molecule has 1 unspecified atom stereocenters. The molecule has 0 saturated heterocycles. The first-order chi connectivity index (χ1) is 9.19. The lowest BCUT2D eigenvalue weighted by Crippen LogP contribution is -2.36. The summed E-state index contributed by atoms with van der Waals surface area (Å²) in [6.07, 6.45) is 11.7. The SMILES string of the molecule is CCCCCCCC(C)(NC)c1nc2c(s1)CCC2. The summed E-state index contributed by atoms with van der Waals surface area (Å²) in [5.41, 5.74) is 1.47. The van der Waals surface area contributed by atoms with Crippen LogP contribution < -0.4 is 5.32 Å². The molecule has 1 N–H and O–H groups in total. The van der Waals surface area contributed by atoms with Crippen LogP contribution in [0.25, 0.3) is 0 Å². The number of hydrogen-bond donors (Lipinski definition) is 1. The number of rotatable bonds is 8. The Bertz CT molecular complexity index is 378. The van der Waals surface area contributed by atoms with Crippen LogP contribution >= 0.6 is 11.3 Å². The quantitative estimate of drug-likeness (QED) is 0.713. The number of nitrogens with one attached hydrogen (secondary N) is 1. The standard InChI is InChI=1S/C16H28N2S/c1-4-5-6-7-8-12-16(2,17-3)15-18-13-10-9-11-14(13)19-15/h17H,4-12H2,1-3H3. The Morgan fingerprint density at radius 1 is 1.21 bits per heavy atom. The van der Waals surface area contributed by atoms with Crippen molar-refractivity contribution in [1.82, 2.24) is 10.3 Å². The van der Waals surface area contributed by atoms with Crippen LogP contribution in [0.4, 0.5) is 0 Å². The maximum Gasteiger partial charge on any atom is 0.113 e. The molecule has 1 aliphatic carbocycles. The molecule has 1 aromatic rings. The number of unbranched alkanes of at least 4 members (excludes halogenated alkanes) is 4. The fourth-order valence-electron chi connectivity index (χ4n) is 2.85. The van der Waals surface area contributed by atoms with E-state index in [-0.39, 0.29) is 5.54 Å². The molecular formula is C16H28N2S. The average Bonchev–Trinajstić information content (AvgIpc) is 2.99. The molecular weight excluding hydrogens is 252 g/mol. The van der Waals surface area contributed by atoms with Gasteiger partial charge in [0, 0.05) is 4.88 Å². The van der Waals surface area contributed by atoms with Crippen molar-refractivity contribution >= 4 is 11.3 Å². The topological polar surface area (TPSA) is 24.9 Å². The average molecular weight is 280 g/mol. The summed E-state index contributed by atoms with van der Waals surface area (Å²) < 4.78 is 0. The number of aromatic nitrogens is 1. The second kappa shape index (κ2) is 6.85. The van der Waals surface area contributed by atoms with E-state index in [9.17, 15) is 0 Å². The highest BCUT2D eigenvalue weighted by molar-refractivity contribution is 7.12. The van der Waals surface area contributed by atoms with Gasteiger partial charge < -0.3 is 5.32 Å². The van der Waals surface area contributed by atoms with Crippen LogP contribution in [0.5, 0.6) is 0 Å². The van der Waals surface area contributed by atoms with Gasteiger partial charge in [-0.25, -0.2) is 4.98 Å². The van der Waals surface area contributed by atoms with Crippen molar-refractivity contribution in [3.63, 3.8) is 0 Å². The first kappa shape index (κ1) is 15.0. The summed E-state index contributed by atoms with van der Waals surface area (Å²) in [4.78, 5) is 6.45. The molecule has 108 valence electrons. The number of fused-ring (bicyclic) bond motifs is 1. The number of aryl methyl sites for hydroxylation is 2. The van der Waals surface area contributed by atoms with Crippen molar-refractivity contribution in [1.29, 1.82) is 0 Å². The van der Waals surface area contributed by atoms with Gasteiger partial charge in [-0.1, -0.05) is 39.0 Å². The molecule has 0 aliphatic heterocycles. The van der Waals surface area contributed by atoms with E-state index in [0.717, 1.165) is 0 Å². The summed E-state index contributed by atoms with van der Waals surface area (Å²) in [7, 11) is 2.08. The summed E-state index contributed by atoms with van der Waals surface area (Å²) in [5.74, 6) is 0. The fraction of sp³-hybridized carbons (Fsp3) is 0.812. The second-order valence-electron chi connectivity index (χ2n) is 5.99. The minimum absolute atomic E-state index is 0.0845. The van der Waals surface area contributed by atoms with Crippen LogP contribution in [-0.4, -0.2) is 12.0 Å². The molecule has 19 heavy (non-hydrogen) atoms. The Labute approximate surface area is 122 Å². The zero-order valence-corrected chi connectivity index (χ0v) is 13.5. The Morgan fingerprint density at radius 3 is 2.68 bits per heavy atom. The molecule has 1 atom stereocenters. The van der Waals surface area contributed by atoms with Crippen molar-refractivity contribution < 1.29 is 0 Å². The van der Waals surface area contributed by atoms with Crippen molar-refractivity contribution in [3.05, 3.63) is 15.6 Å². The normalized spacial score (nSPS) is 17.4. The molecule has 2 rings (SSSR count). The number of thiazole rings is 1. The Hall–Kier alpha value is -0.410. The molecule has 1 heterocycles. The third-order valence-corrected chi connectivity index (χ3v) is 5.82. The van der Waals surface area contributed by atoms with E-state index in [4.69, 9.17) is 4.98 Å². The molecule has 0 amide bonds. The third kappa shape index (κ3) is 3.57. The summed E-state index contributed by atoms with van der Waals surface area (Å²) in [5, 5.41) is 4.84. The van der Waals surface area contributed by atoms with Gasteiger partial charge in [-0.2, -0.15) is 0 Å². The van der Waals surface area contributed by atoms with E-state index in [2.05, 4.69) is 26.2 Å². The number of hydrogen-bond acceptors (Lipinski definition) is 3. The van der Waals surface area contributed by atoms with Crippen LogP contribution in [0.3, 0.4) is 0 Å². The predicted octanol–water partition coefficient (Wildman–Crippen LogP) is 4.43. The van der Waals surface area contributed by atoms with Gasteiger partial charge in [0.2, 0.25) is 0 Å². The maximum atomic E-state index is 4.90. The van der Waals surface area contributed by atoms with E-state index in [1.165, 1.54) is 68.5 Å². The van der Waals surface area contributed by atoms with E-state index in [1.807, 2.05) is 11.3 Å². The van der Waals surface area contributed by atoms with Gasteiger partial charge in [0.15, 0.2) is 0 Å². The molecule has 0 aromatic carbocycles. The lowest BCUT2D eigenvalue weighted by molar-refractivity contribution is 0.349. The minimum atomic E-state index is 0.0845. The van der Waals surface area contributed by atoms with E-state index < -0.39 is 0 Å². The molecule has 1 aliphatic rings. The summed E-state index contributed by atoms with van der Waals surface area (Å²) in [6, 6.07) is 0. The monoisotopic (exact) mass is 280 g/mol. The zero-order chi connectivity index (χ0) is 13.7. The highest BCUT2D eigenvalue weighted by Crippen LogP contribution is 2.35. The van der Waals surface area contributed by atoms with Crippen molar-refractivity contribution in [2.45, 2.75) is 77.2 Å². The van der Waals surface area contributed by atoms with Gasteiger partial charge >= 0.3 is 0 Å². The lowest BCUT2D eigenvalue weighted by Gasteiger charge is -2.27. The molecule has 1 aromatic heterocycles. The van der Waals surface area contributed by atoms with Crippen LogP contribution in [0.1, 0.15) is 74.4 Å². The maximum absolute atomic E-state index is 4.90. The molecule has 0 radical (unpaired) electrons. The lowest BCUT2D eigenvalue weighted by atomic mass is 9.94. The Balaban J connectivity index is 1.92. The predicted molar refractivity (Wildman–Crippen MR) is 83.9 cm³/mol. The highest BCUT2D eigenvalue weighted by atomic mass is 32.1. The Morgan fingerprint density at radius 2 is 2.00 bits per heavy atom. The third-order valence-electron chi connectivity index (χ3n) is 4.40. The second-order valence-corrected chi connectivity index (χ2v) is 7.07. The molecule has 3 heteroatoms. The fourth-order valence-corrected chi connectivity index (χ4v) is 4.18. The van der Waals surface area contributed by atoms with E-state index in [1.54, 1.807) is 4.88 Å². The van der Waals surface area contributed by atoms with Crippen molar-refractivity contribution in [3.8, 4) is 0 Å². The zero-order valence-electron chi connectivity index (χ0n) is 12.7. The molecule has 0 spiro atoms. The van der Waals surface area contributed by atoms with Crippen molar-refractivity contribution in [2.75, 3.05) is 7.05 Å². The highest BCUT2D eigenvalue weighted by Gasteiger charge is 2.30. The summed E-state index contributed by atoms with van der Waals surface area (Å²) in [6.45, 7) is 4.59. The molecule has 0 fully saturated rings. The van der Waals surface area contributed by atoms with Crippen LogP contribution in [0.2, 0.25) is 0 Å². The molecule has 2 nitrogen and oxygen atoms in total. The van der Waals surface area contributed by atoms with Gasteiger partial charge in [-0.05, 0) is 39.7 Å². The first-order valence-corrected chi connectivity index (χ1v) is 8.69. The van der Waals surface area contributed by atoms with Crippen LogP contribution in [0.15, 0.2) is 0 Å². The van der Waals surface area contributed by atoms with Gasteiger partial charge in [0.25, 0.3) is 0 Å².